The molecule has 7 heteroatoms. The van der Waals surface area contributed by atoms with Crippen LogP contribution in [0.5, 0.6) is 5.75 Å². The van der Waals surface area contributed by atoms with Gasteiger partial charge in [0.1, 0.15) is 11.6 Å². The Balaban J connectivity index is 2.32. The van der Waals surface area contributed by atoms with Crippen LogP contribution in [0.15, 0.2) is 35.1 Å². The quantitative estimate of drug-likeness (QED) is 0.695. The summed E-state index contributed by atoms with van der Waals surface area (Å²) in [6.07, 6.45) is 0. The number of nitrogens with zero attached hydrogens (tertiary/aromatic N) is 1. The molecule has 0 unspecified atom stereocenters. The molecule has 3 rings (SSSR count). The molecule has 1 heterocycles. The first-order chi connectivity index (χ1) is 9.95. The zero-order valence-corrected chi connectivity index (χ0v) is 12.6. The average molecular weight is 342 g/mol. The zero-order valence-electron chi connectivity index (χ0n) is 10.3. The van der Waals surface area contributed by atoms with Gasteiger partial charge in [0.15, 0.2) is 0 Å². The Bertz CT molecular complexity index is 922. The third kappa shape index (κ3) is 2.58. The summed E-state index contributed by atoms with van der Waals surface area (Å²) in [5.74, 6) is -0.0192. The van der Waals surface area contributed by atoms with Gasteiger partial charge in [-0.3, -0.25) is 4.79 Å². The van der Waals surface area contributed by atoms with Gasteiger partial charge in [-0.2, -0.15) is 0 Å². The lowest BCUT2D eigenvalue weighted by Crippen LogP contribution is -2.09. The van der Waals surface area contributed by atoms with Crippen LogP contribution >= 0.6 is 34.8 Å². The van der Waals surface area contributed by atoms with Crippen molar-refractivity contribution < 1.29 is 5.11 Å². The molecule has 1 aromatic heterocycles. The van der Waals surface area contributed by atoms with E-state index in [-0.39, 0.29) is 27.7 Å². The summed E-state index contributed by atoms with van der Waals surface area (Å²) in [6.45, 7) is 0. The topological polar surface area (TPSA) is 66.0 Å². The van der Waals surface area contributed by atoms with Crippen molar-refractivity contribution in [1.29, 1.82) is 0 Å². The van der Waals surface area contributed by atoms with E-state index in [1.54, 1.807) is 12.1 Å². The summed E-state index contributed by atoms with van der Waals surface area (Å²) < 4.78 is 0. The lowest BCUT2D eigenvalue weighted by molar-refractivity contribution is 0.477. The smallest absolute Gasteiger partial charge is 0.259 e. The van der Waals surface area contributed by atoms with Crippen molar-refractivity contribution in [3.63, 3.8) is 0 Å². The summed E-state index contributed by atoms with van der Waals surface area (Å²) in [5.41, 5.74) is 0.336. The van der Waals surface area contributed by atoms with Crippen LogP contribution in [-0.4, -0.2) is 15.1 Å². The molecule has 0 atom stereocenters. The van der Waals surface area contributed by atoms with Crippen molar-refractivity contribution in [2.45, 2.75) is 0 Å². The second-order valence-electron chi connectivity index (χ2n) is 4.36. The Morgan fingerprint density at radius 3 is 2.57 bits per heavy atom. The molecule has 2 aromatic carbocycles. The van der Waals surface area contributed by atoms with Crippen molar-refractivity contribution >= 4 is 45.7 Å². The van der Waals surface area contributed by atoms with Crippen LogP contribution in [0.2, 0.25) is 15.1 Å². The van der Waals surface area contributed by atoms with Gasteiger partial charge in [0, 0.05) is 10.0 Å². The number of phenols is 1. The number of phenolic OH excluding ortho intramolecular Hbond substituents is 1. The van der Waals surface area contributed by atoms with Crippen LogP contribution in [0.25, 0.3) is 22.3 Å². The van der Waals surface area contributed by atoms with Crippen LogP contribution in [0.1, 0.15) is 0 Å². The molecule has 106 valence electrons. The Hall–Kier alpha value is -1.75. The number of hydrogen-bond acceptors (Lipinski definition) is 3. The molecule has 0 saturated carbocycles. The van der Waals surface area contributed by atoms with Crippen LogP contribution in [0, 0.1) is 0 Å². The molecule has 0 amide bonds. The highest BCUT2D eigenvalue weighted by Gasteiger charge is 2.14. The molecule has 0 aliphatic carbocycles. The van der Waals surface area contributed by atoms with Crippen molar-refractivity contribution in [3.8, 4) is 17.1 Å². The lowest BCUT2D eigenvalue weighted by atomic mass is 10.1. The van der Waals surface area contributed by atoms with E-state index in [0.29, 0.717) is 20.9 Å². The normalized spacial score (nSPS) is 11.0. The van der Waals surface area contributed by atoms with Gasteiger partial charge in [0.25, 0.3) is 5.56 Å². The Morgan fingerprint density at radius 1 is 1.05 bits per heavy atom. The first-order valence-electron chi connectivity index (χ1n) is 5.83. The highest BCUT2D eigenvalue weighted by Crippen LogP contribution is 2.36. The van der Waals surface area contributed by atoms with Gasteiger partial charge < -0.3 is 10.1 Å². The number of aromatic amines is 1. The number of nitrogens with one attached hydrogen (secondary N) is 1. The third-order valence-corrected chi connectivity index (χ3v) is 3.69. The number of H-pyrrole nitrogens is 1. The second kappa shape index (κ2) is 5.22. The molecular formula is C14H7Cl3N2O2. The SMILES string of the molecule is O=c1[nH]c(-c2cc(Cl)cc(Cl)c2O)nc2ccc(Cl)cc12. The summed E-state index contributed by atoms with van der Waals surface area (Å²) in [7, 11) is 0. The molecular weight excluding hydrogens is 335 g/mol. The van der Waals surface area contributed by atoms with Crippen molar-refractivity contribution in [2.75, 3.05) is 0 Å². The number of rotatable bonds is 1. The standard InChI is InChI=1S/C14H7Cl3N2O2/c15-6-1-2-11-8(3-6)14(21)19-13(18-11)9-4-7(16)5-10(17)12(9)20/h1-5,20H,(H,18,19,21). The number of aromatic hydroxyl groups is 1. The number of halogens is 3. The summed E-state index contributed by atoms with van der Waals surface area (Å²) in [5, 5.41) is 11.2. The number of hydrogen-bond donors (Lipinski definition) is 2. The molecule has 0 aliphatic rings. The number of aromatic nitrogens is 2. The average Bonchev–Trinajstić information content (AvgIpc) is 2.43. The van der Waals surface area contributed by atoms with Crippen LogP contribution in [-0.2, 0) is 0 Å². The first-order valence-corrected chi connectivity index (χ1v) is 6.97. The zero-order chi connectivity index (χ0) is 15.1. The second-order valence-corrected chi connectivity index (χ2v) is 5.64. The van der Waals surface area contributed by atoms with Gasteiger partial charge in [0.05, 0.1) is 21.5 Å². The fourth-order valence-corrected chi connectivity index (χ4v) is 2.65. The maximum atomic E-state index is 12.1. The van der Waals surface area contributed by atoms with Gasteiger partial charge >= 0.3 is 0 Å². The minimum absolute atomic E-state index is 0.0800. The maximum absolute atomic E-state index is 12.1. The van der Waals surface area contributed by atoms with E-state index in [4.69, 9.17) is 34.8 Å². The highest BCUT2D eigenvalue weighted by atomic mass is 35.5. The van der Waals surface area contributed by atoms with Gasteiger partial charge in [-0.05, 0) is 30.3 Å². The van der Waals surface area contributed by atoms with E-state index >= 15 is 0 Å². The molecule has 0 fully saturated rings. The molecule has 2 N–H and O–H groups in total. The van der Waals surface area contributed by atoms with Crippen LogP contribution < -0.4 is 5.56 Å². The highest BCUT2D eigenvalue weighted by molar-refractivity contribution is 6.36. The van der Waals surface area contributed by atoms with E-state index in [9.17, 15) is 9.90 Å². The van der Waals surface area contributed by atoms with Gasteiger partial charge in [-0.25, -0.2) is 4.98 Å². The van der Waals surface area contributed by atoms with E-state index in [1.807, 2.05) is 0 Å². The minimum atomic E-state index is -0.368. The monoisotopic (exact) mass is 340 g/mol. The van der Waals surface area contributed by atoms with Crippen molar-refractivity contribution in [2.24, 2.45) is 0 Å². The molecule has 3 aromatic rings. The largest absolute Gasteiger partial charge is 0.506 e. The molecule has 0 spiro atoms. The molecule has 0 bridgehead atoms. The van der Waals surface area contributed by atoms with E-state index in [2.05, 4.69) is 9.97 Å². The molecule has 0 saturated heterocycles. The molecule has 21 heavy (non-hydrogen) atoms. The predicted octanol–water partition coefficient (Wildman–Crippen LogP) is 4.26. The summed E-state index contributed by atoms with van der Waals surface area (Å²) >= 11 is 17.7. The molecule has 0 radical (unpaired) electrons. The summed E-state index contributed by atoms with van der Waals surface area (Å²) in [4.78, 5) is 19.0. The first kappa shape index (κ1) is 14.2. The van der Waals surface area contributed by atoms with E-state index in [0.717, 1.165) is 0 Å². The van der Waals surface area contributed by atoms with Gasteiger partial charge in [0.2, 0.25) is 0 Å². The van der Waals surface area contributed by atoms with Crippen molar-refractivity contribution in [3.05, 3.63) is 55.8 Å². The Labute approximate surface area is 133 Å². The number of fused-ring (bicyclic) bond motifs is 1. The fraction of sp³-hybridized carbons (Fsp3) is 0. The lowest BCUT2D eigenvalue weighted by Gasteiger charge is -2.07. The maximum Gasteiger partial charge on any atom is 0.259 e. The Kier molecular flexibility index (Phi) is 3.53. The third-order valence-electron chi connectivity index (χ3n) is 2.95. The Morgan fingerprint density at radius 2 is 1.81 bits per heavy atom. The van der Waals surface area contributed by atoms with Gasteiger partial charge in [-0.1, -0.05) is 34.8 Å². The minimum Gasteiger partial charge on any atom is -0.506 e. The van der Waals surface area contributed by atoms with E-state index < -0.39 is 0 Å². The summed E-state index contributed by atoms with van der Waals surface area (Å²) in [6, 6.07) is 7.66. The fourth-order valence-electron chi connectivity index (χ4n) is 1.98. The molecule has 4 nitrogen and oxygen atoms in total. The van der Waals surface area contributed by atoms with Crippen molar-refractivity contribution in [1.82, 2.24) is 9.97 Å². The van der Waals surface area contributed by atoms with Crippen LogP contribution in [0.3, 0.4) is 0 Å². The predicted molar refractivity (Wildman–Crippen MR) is 84.5 cm³/mol. The van der Waals surface area contributed by atoms with Gasteiger partial charge in [-0.15, -0.1) is 0 Å². The molecule has 0 aliphatic heterocycles. The number of benzene rings is 2. The van der Waals surface area contributed by atoms with Crippen LogP contribution in [0.4, 0.5) is 0 Å². The van der Waals surface area contributed by atoms with E-state index in [1.165, 1.54) is 18.2 Å².